The van der Waals surface area contributed by atoms with Crippen molar-refractivity contribution in [1.82, 2.24) is 0 Å². The first-order chi connectivity index (χ1) is 8.35. The monoisotopic (exact) mass is 234 g/mol. The average molecular weight is 234 g/mol. The Morgan fingerprint density at radius 2 is 1.53 bits per heavy atom. The van der Waals surface area contributed by atoms with E-state index in [9.17, 15) is 10.2 Å². The molecular formula is C15H22O2. The van der Waals surface area contributed by atoms with Gasteiger partial charge in [0, 0.05) is 19.1 Å². The van der Waals surface area contributed by atoms with Crippen molar-refractivity contribution in [3.8, 4) is 0 Å². The molecule has 0 aliphatic heterocycles. The molecule has 0 heterocycles. The fourth-order valence-electron chi connectivity index (χ4n) is 3.01. The van der Waals surface area contributed by atoms with Gasteiger partial charge in [0.05, 0.1) is 0 Å². The Labute approximate surface area is 103 Å². The van der Waals surface area contributed by atoms with Gasteiger partial charge in [-0.2, -0.15) is 0 Å². The van der Waals surface area contributed by atoms with Crippen LogP contribution in [0, 0.1) is 11.8 Å². The molecule has 0 saturated heterocycles. The van der Waals surface area contributed by atoms with Gasteiger partial charge < -0.3 is 10.2 Å². The van der Waals surface area contributed by atoms with Crippen molar-refractivity contribution >= 4 is 0 Å². The van der Waals surface area contributed by atoms with Gasteiger partial charge in [-0.15, -0.1) is 0 Å². The van der Waals surface area contributed by atoms with Crippen molar-refractivity contribution in [3.63, 3.8) is 0 Å². The van der Waals surface area contributed by atoms with Crippen LogP contribution in [0.3, 0.4) is 0 Å². The smallest absolute Gasteiger partial charge is 0.0483 e. The minimum absolute atomic E-state index is 0.0896. The molecule has 0 bridgehead atoms. The molecule has 2 rings (SSSR count). The van der Waals surface area contributed by atoms with Gasteiger partial charge in [0.25, 0.3) is 0 Å². The van der Waals surface area contributed by atoms with Crippen LogP contribution in [-0.4, -0.2) is 23.4 Å². The first-order valence-electron chi connectivity index (χ1n) is 6.61. The molecule has 0 atom stereocenters. The van der Waals surface area contributed by atoms with Crippen LogP contribution < -0.4 is 0 Å². The zero-order chi connectivity index (χ0) is 12.1. The van der Waals surface area contributed by atoms with E-state index in [0.717, 1.165) is 12.8 Å². The normalized spacial score (nSPS) is 25.1. The number of aliphatic hydroxyl groups is 2. The summed E-state index contributed by atoms with van der Waals surface area (Å²) in [6.07, 6.45) is 4.63. The van der Waals surface area contributed by atoms with Gasteiger partial charge in [-0.3, -0.25) is 0 Å². The second kappa shape index (κ2) is 6.18. The van der Waals surface area contributed by atoms with Crippen LogP contribution in [0.25, 0.3) is 0 Å². The highest BCUT2D eigenvalue weighted by Crippen LogP contribution is 2.38. The van der Waals surface area contributed by atoms with Gasteiger partial charge in [0.15, 0.2) is 0 Å². The maximum absolute atomic E-state index is 9.20. The van der Waals surface area contributed by atoms with Crippen molar-refractivity contribution in [2.24, 2.45) is 11.8 Å². The highest BCUT2D eigenvalue weighted by Gasteiger charge is 2.27. The van der Waals surface area contributed by atoms with Crippen LogP contribution in [0.2, 0.25) is 0 Å². The van der Waals surface area contributed by atoms with E-state index in [1.165, 1.54) is 18.4 Å². The first kappa shape index (κ1) is 12.6. The molecule has 1 saturated carbocycles. The van der Waals surface area contributed by atoms with Crippen molar-refractivity contribution in [1.29, 1.82) is 0 Å². The van der Waals surface area contributed by atoms with Crippen LogP contribution in [0.4, 0.5) is 0 Å². The number of rotatable bonds is 4. The standard InChI is InChI=1S/C15H22O2/c16-10-15(11-17)14-8-6-13(7-9-14)12-4-2-1-3-5-12/h1-5,13-17H,6-11H2. The zero-order valence-corrected chi connectivity index (χ0v) is 10.3. The molecule has 0 unspecified atom stereocenters. The summed E-state index contributed by atoms with van der Waals surface area (Å²) >= 11 is 0. The molecule has 1 aliphatic rings. The number of aliphatic hydroxyl groups excluding tert-OH is 2. The lowest BCUT2D eigenvalue weighted by Crippen LogP contribution is -2.26. The SMILES string of the molecule is OCC(CO)C1CCC(c2ccccc2)CC1. The van der Waals surface area contributed by atoms with Crippen molar-refractivity contribution in [2.75, 3.05) is 13.2 Å². The van der Waals surface area contributed by atoms with E-state index in [4.69, 9.17) is 0 Å². The third-order valence-corrected chi connectivity index (χ3v) is 4.18. The maximum Gasteiger partial charge on any atom is 0.0483 e. The molecule has 94 valence electrons. The van der Waals surface area contributed by atoms with E-state index in [1.54, 1.807) is 0 Å². The lowest BCUT2D eigenvalue weighted by Gasteiger charge is -2.32. The second-order valence-electron chi connectivity index (χ2n) is 5.15. The highest BCUT2D eigenvalue weighted by atomic mass is 16.3. The molecule has 0 spiro atoms. The summed E-state index contributed by atoms with van der Waals surface area (Å²) in [7, 11) is 0. The molecule has 1 aromatic carbocycles. The Morgan fingerprint density at radius 3 is 2.06 bits per heavy atom. The van der Waals surface area contributed by atoms with Crippen LogP contribution in [0.15, 0.2) is 30.3 Å². The summed E-state index contributed by atoms with van der Waals surface area (Å²) in [6, 6.07) is 10.7. The third-order valence-electron chi connectivity index (χ3n) is 4.18. The van der Waals surface area contributed by atoms with Gasteiger partial charge in [0.1, 0.15) is 0 Å². The topological polar surface area (TPSA) is 40.5 Å². The molecular weight excluding hydrogens is 212 g/mol. The molecule has 1 fully saturated rings. The Balaban J connectivity index is 1.90. The lowest BCUT2D eigenvalue weighted by atomic mass is 9.74. The quantitative estimate of drug-likeness (QED) is 0.840. The molecule has 0 radical (unpaired) electrons. The first-order valence-corrected chi connectivity index (χ1v) is 6.61. The second-order valence-corrected chi connectivity index (χ2v) is 5.15. The largest absolute Gasteiger partial charge is 0.396 e. The minimum atomic E-state index is 0.0896. The highest BCUT2D eigenvalue weighted by molar-refractivity contribution is 5.19. The molecule has 2 nitrogen and oxygen atoms in total. The maximum atomic E-state index is 9.20. The van der Waals surface area contributed by atoms with Crippen LogP contribution in [-0.2, 0) is 0 Å². The molecule has 0 amide bonds. The van der Waals surface area contributed by atoms with Gasteiger partial charge in [0.2, 0.25) is 0 Å². The Hall–Kier alpha value is -0.860. The van der Waals surface area contributed by atoms with Crippen LogP contribution in [0.1, 0.15) is 37.2 Å². The fraction of sp³-hybridized carbons (Fsp3) is 0.600. The minimum Gasteiger partial charge on any atom is -0.396 e. The van der Waals surface area contributed by atoms with E-state index in [1.807, 2.05) is 0 Å². The zero-order valence-electron chi connectivity index (χ0n) is 10.3. The van der Waals surface area contributed by atoms with Crippen molar-refractivity contribution in [3.05, 3.63) is 35.9 Å². The van der Waals surface area contributed by atoms with Crippen molar-refractivity contribution in [2.45, 2.75) is 31.6 Å². The summed E-state index contributed by atoms with van der Waals surface area (Å²) in [5.74, 6) is 1.27. The van der Waals surface area contributed by atoms with Gasteiger partial charge in [-0.05, 0) is 43.1 Å². The van der Waals surface area contributed by atoms with E-state index >= 15 is 0 Å². The predicted octanol–water partition coefficient (Wildman–Crippen LogP) is 2.56. The summed E-state index contributed by atoms with van der Waals surface area (Å²) in [5.41, 5.74) is 1.44. The Morgan fingerprint density at radius 1 is 0.941 bits per heavy atom. The summed E-state index contributed by atoms with van der Waals surface area (Å²) in [4.78, 5) is 0. The lowest BCUT2D eigenvalue weighted by molar-refractivity contribution is 0.0854. The van der Waals surface area contributed by atoms with E-state index in [2.05, 4.69) is 30.3 Å². The van der Waals surface area contributed by atoms with Gasteiger partial charge in [-0.25, -0.2) is 0 Å². The molecule has 1 aromatic rings. The average Bonchev–Trinajstić information content (AvgIpc) is 2.42. The summed E-state index contributed by atoms with van der Waals surface area (Å²) in [6.45, 7) is 0.244. The van der Waals surface area contributed by atoms with E-state index < -0.39 is 0 Å². The Bertz CT molecular complexity index is 311. The fourth-order valence-corrected chi connectivity index (χ4v) is 3.01. The summed E-state index contributed by atoms with van der Waals surface area (Å²) in [5, 5.41) is 18.4. The van der Waals surface area contributed by atoms with E-state index in [-0.39, 0.29) is 19.1 Å². The predicted molar refractivity (Wildman–Crippen MR) is 68.8 cm³/mol. The van der Waals surface area contributed by atoms with Crippen molar-refractivity contribution < 1.29 is 10.2 Å². The van der Waals surface area contributed by atoms with Gasteiger partial charge >= 0.3 is 0 Å². The van der Waals surface area contributed by atoms with Crippen LogP contribution >= 0.6 is 0 Å². The summed E-state index contributed by atoms with van der Waals surface area (Å²) < 4.78 is 0. The number of hydrogen-bond donors (Lipinski definition) is 2. The Kier molecular flexibility index (Phi) is 4.57. The number of hydrogen-bond acceptors (Lipinski definition) is 2. The molecule has 0 aromatic heterocycles. The van der Waals surface area contributed by atoms with Gasteiger partial charge in [-0.1, -0.05) is 30.3 Å². The molecule has 2 heteroatoms. The third kappa shape index (κ3) is 3.08. The number of benzene rings is 1. The van der Waals surface area contributed by atoms with Crippen LogP contribution in [0.5, 0.6) is 0 Å². The molecule has 2 N–H and O–H groups in total. The molecule has 1 aliphatic carbocycles. The molecule has 17 heavy (non-hydrogen) atoms. The van der Waals surface area contributed by atoms with E-state index in [0.29, 0.717) is 11.8 Å².